The third kappa shape index (κ3) is 6.05. The van der Waals surface area contributed by atoms with Crippen LogP contribution in [-0.4, -0.2) is 45.4 Å². The van der Waals surface area contributed by atoms with Crippen molar-refractivity contribution in [3.8, 4) is 23.8 Å². The van der Waals surface area contributed by atoms with E-state index in [0.717, 1.165) is 33.8 Å². The molecule has 1 aliphatic heterocycles. The lowest BCUT2D eigenvalue weighted by Crippen LogP contribution is -2.46. The van der Waals surface area contributed by atoms with Crippen LogP contribution in [0.2, 0.25) is 0 Å². The third-order valence-electron chi connectivity index (χ3n) is 6.34. The number of aromatic nitrogens is 2. The summed E-state index contributed by atoms with van der Waals surface area (Å²) >= 11 is 1.66. The predicted octanol–water partition coefficient (Wildman–Crippen LogP) is 4.34. The highest BCUT2D eigenvalue weighted by molar-refractivity contribution is 7.98. The van der Waals surface area contributed by atoms with Crippen molar-refractivity contribution in [2.75, 3.05) is 23.9 Å². The van der Waals surface area contributed by atoms with E-state index in [1.165, 1.54) is 0 Å². The van der Waals surface area contributed by atoms with Gasteiger partial charge in [-0.2, -0.15) is 27.3 Å². The summed E-state index contributed by atoms with van der Waals surface area (Å²) in [7, 11) is 0. The Kier molecular flexibility index (Phi) is 8.47. The van der Waals surface area contributed by atoms with Crippen molar-refractivity contribution in [3.63, 3.8) is 0 Å². The Morgan fingerprint density at radius 2 is 1.84 bits per heavy atom. The first-order chi connectivity index (χ1) is 18.3. The van der Waals surface area contributed by atoms with Gasteiger partial charge in [-0.3, -0.25) is 4.79 Å². The highest BCUT2D eigenvalue weighted by Crippen LogP contribution is 2.35. The zero-order valence-electron chi connectivity index (χ0n) is 21.6. The number of carbonyl (C=O) groups is 1. The van der Waals surface area contributed by atoms with Crippen molar-refractivity contribution in [1.29, 1.82) is 10.5 Å². The number of nitrogens with two attached hydrogens (primary N) is 1. The molecule has 1 aromatic heterocycles. The number of amides is 1. The van der Waals surface area contributed by atoms with Crippen LogP contribution < -0.4 is 15.8 Å². The summed E-state index contributed by atoms with van der Waals surface area (Å²) in [6, 6.07) is 14.3. The number of nitriles is 2. The highest BCUT2D eigenvalue weighted by Gasteiger charge is 2.29. The van der Waals surface area contributed by atoms with E-state index >= 15 is 0 Å². The Labute approximate surface area is 226 Å². The number of hydrogen-bond acceptors (Lipinski definition) is 9. The smallest absolute Gasteiger partial charge is 0.239 e. The van der Waals surface area contributed by atoms with Crippen molar-refractivity contribution in [2.24, 2.45) is 5.73 Å². The fourth-order valence-corrected chi connectivity index (χ4v) is 4.83. The second-order valence-corrected chi connectivity index (χ2v) is 10.1. The molecule has 0 spiro atoms. The maximum absolute atomic E-state index is 13.1. The summed E-state index contributed by atoms with van der Waals surface area (Å²) in [5.41, 5.74) is 11.2. The fourth-order valence-electron chi connectivity index (χ4n) is 4.34. The average molecular weight is 528 g/mol. The van der Waals surface area contributed by atoms with Gasteiger partial charge in [0.05, 0.1) is 47.1 Å². The molecule has 1 unspecified atom stereocenters. The van der Waals surface area contributed by atoms with Gasteiger partial charge in [0.15, 0.2) is 0 Å². The minimum Gasteiger partial charge on any atom is -0.438 e. The lowest BCUT2D eigenvalue weighted by molar-refractivity contribution is -0.133. The van der Waals surface area contributed by atoms with Crippen molar-refractivity contribution >= 4 is 29.3 Å². The van der Waals surface area contributed by atoms with Gasteiger partial charge in [-0.15, -0.1) is 0 Å². The maximum Gasteiger partial charge on any atom is 0.239 e. The Bertz CT molecular complexity index is 1400. The topological polar surface area (TPSA) is 141 Å². The van der Waals surface area contributed by atoms with Crippen LogP contribution in [0.15, 0.2) is 36.4 Å². The number of thioether (sulfide) groups is 1. The third-order valence-corrected chi connectivity index (χ3v) is 6.99. The van der Waals surface area contributed by atoms with Gasteiger partial charge in [0.2, 0.25) is 17.7 Å². The zero-order valence-corrected chi connectivity index (χ0v) is 22.4. The molecule has 0 fully saturated rings. The van der Waals surface area contributed by atoms with E-state index in [1.807, 2.05) is 20.1 Å². The van der Waals surface area contributed by atoms with E-state index in [9.17, 15) is 10.1 Å². The van der Waals surface area contributed by atoms with Crippen LogP contribution in [0.25, 0.3) is 0 Å². The molecule has 0 bridgehead atoms. The lowest BCUT2D eigenvalue weighted by Gasteiger charge is -2.31. The minimum absolute atomic E-state index is 0.0961. The fraction of sp³-hybridized carbons (Fsp3) is 0.321. The monoisotopic (exact) mass is 527 g/mol. The number of anilines is 2. The number of carbonyl (C=O) groups excluding carboxylic acids is 1. The number of rotatable bonds is 8. The SMILES string of the molecule is CSCCC(N)C(=O)N1CCc2nc(Nc3ccc(C#N)cc3)nc(Oc3c(C)cc(C#N)cc3C)c2C1. The van der Waals surface area contributed by atoms with Crippen molar-refractivity contribution in [1.82, 2.24) is 14.9 Å². The van der Waals surface area contributed by atoms with Gasteiger partial charge < -0.3 is 20.7 Å². The number of benzene rings is 2. The van der Waals surface area contributed by atoms with Crippen LogP contribution in [0.4, 0.5) is 11.6 Å². The second-order valence-electron chi connectivity index (χ2n) is 9.14. The van der Waals surface area contributed by atoms with Crippen molar-refractivity contribution < 1.29 is 9.53 Å². The Morgan fingerprint density at radius 3 is 2.47 bits per heavy atom. The van der Waals surface area contributed by atoms with E-state index in [1.54, 1.807) is 53.1 Å². The number of nitrogens with one attached hydrogen (secondary N) is 1. The minimum atomic E-state index is -0.561. The molecule has 4 rings (SSSR count). The molecule has 2 heterocycles. The quantitative estimate of drug-likeness (QED) is 0.437. The van der Waals surface area contributed by atoms with E-state index in [-0.39, 0.29) is 5.91 Å². The van der Waals surface area contributed by atoms with Crippen molar-refractivity contribution in [3.05, 3.63) is 69.9 Å². The predicted molar refractivity (Wildman–Crippen MR) is 147 cm³/mol. The molecule has 9 nitrogen and oxygen atoms in total. The first kappa shape index (κ1) is 26.9. The molecule has 0 saturated carbocycles. The van der Waals surface area contributed by atoms with Crippen LogP contribution >= 0.6 is 11.8 Å². The molecule has 1 amide bonds. The number of aryl methyl sites for hydroxylation is 2. The molecule has 194 valence electrons. The van der Waals surface area contributed by atoms with Gasteiger partial charge in [-0.25, -0.2) is 4.98 Å². The molecule has 1 atom stereocenters. The molecule has 0 aliphatic carbocycles. The normalized spacial score (nSPS) is 13.2. The largest absolute Gasteiger partial charge is 0.438 e. The van der Waals surface area contributed by atoms with E-state index < -0.39 is 6.04 Å². The molecular weight excluding hydrogens is 498 g/mol. The van der Waals surface area contributed by atoms with Gasteiger partial charge >= 0.3 is 0 Å². The summed E-state index contributed by atoms with van der Waals surface area (Å²) in [6.45, 7) is 4.56. The van der Waals surface area contributed by atoms with Crippen LogP contribution in [0, 0.1) is 36.5 Å². The molecule has 0 saturated heterocycles. The molecule has 2 aromatic carbocycles. The molecule has 3 N–H and O–H groups in total. The molecule has 10 heteroatoms. The average Bonchev–Trinajstić information content (AvgIpc) is 2.93. The highest BCUT2D eigenvalue weighted by atomic mass is 32.2. The first-order valence-corrected chi connectivity index (χ1v) is 13.6. The first-order valence-electron chi connectivity index (χ1n) is 12.2. The summed E-state index contributed by atoms with van der Waals surface area (Å²) in [5.74, 6) is 2.02. The number of nitrogens with zero attached hydrogens (tertiary/aromatic N) is 5. The molecule has 0 radical (unpaired) electrons. The van der Waals surface area contributed by atoms with Crippen LogP contribution in [0.3, 0.4) is 0 Å². The van der Waals surface area contributed by atoms with Crippen LogP contribution in [0.1, 0.15) is 39.9 Å². The standard InChI is InChI=1S/C28H29N7O2S/c1-17-12-20(15-30)13-18(2)25(17)37-26-22-16-35(27(36)23(31)9-11-38-3)10-8-24(22)33-28(34-26)32-21-6-4-19(14-29)5-7-21/h4-7,12-13,23H,8-11,16,31H2,1-3H3,(H,32,33,34). The van der Waals surface area contributed by atoms with Crippen molar-refractivity contribution in [2.45, 2.75) is 39.3 Å². The van der Waals surface area contributed by atoms with Gasteiger partial charge in [0, 0.05) is 18.7 Å². The molecule has 1 aliphatic rings. The van der Waals surface area contributed by atoms with Gasteiger partial charge in [0.25, 0.3) is 0 Å². The zero-order chi connectivity index (χ0) is 27.2. The number of fused-ring (bicyclic) bond motifs is 1. The van der Waals surface area contributed by atoms with Crippen LogP contribution in [-0.2, 0) is 17.8 Å². The van der Waals surface area contributed by atoms with E-state index in [4.69, 9.17) is 20.7 Å². The lowest BCUT2D eigenvalue weighted by atomic mass is 10.0. The maximum atomic E-state index is 13.1. The molecule has 38 heavy (non-hydrogen) atoms. The van der Waals surface area contributed by atoms with E-state index in [0.29, 0.717) is 54.6 Å². The van der Waals surface area contributed by atoms with Gasteiger partial charge in [-0.1, -0.05) is 0 Å². The Balaban J connectivity index is 1.70. The molecular formula is C28H29N7O2S. The summed E-state index contributed by atoms with van der Waals surface area (Å²) in [4.78, 5) is 24.2. The van der Waals surface area contributed by atoms with Gasteiger partial charge in [0.1, 0.15) is 5.75 Å². The van der Waals surface area contributed by atoms with Gasteiger partial charge in [-0.05, 0) is 79.8 Å². The number of ether oxygens (including phenoxy) is 1. The summed E-state index contributed by atoms with van der Waals surface area (Å²) < 4.78 is 6.39. The Hall–Kier alpha value is -4.12. The van der Waals surface area contributed by atoms with Crippen LogP contribution in [0.5, 0.6) is 11.6 Å². The molecule has 3 aromatic rings. The number of hydrogen-bond donors (Lipinski definition) is 2. The summed E-state index contributed by atoms with van der Waals surface area (Å²) in [5, 5.41) is 21.6. The second kappa shape index (κ2) is 12.0. The summed E-state index contributed by atoms with van der Waals surface area (Å²) in [6.07, 6.45) is 3.13. The van der Waals surface area contributed by atoms with E-state index in [2.05, 4.69) is 22.4 Å². The Morgan fingerprint density at radius 1 is 1.16 bits per heavy atom.